The summed E-state index contributed by atoms with van der Waals surface area (Å²) in [5.74, 6) is 1.20. The van der Waals surface area contributed by atoms with Crippen molar-refractivity contribution in [3.05, 3.63) is 47.5 Å². The molecule has 0 aliphatic carbocycles. The van der Waals surface area contributed by atoms with Gasteiger partial charge in [-0.25, -0.2) is 0 Å². The van der Waals surface area contributed by atoms with Crippen LogP contribution in [0.2, 0.25) is 0 Å². The smallest absolute Gasteiger partial charge is 0.262 e. The van der Waals surface area contributed by atoms with Crippen molar-refractivity contribution in [3.63, 3.8) is 0 Å². The Morgan fingerprint density at radius 3 is 2.22 bits per heavy atom. The van der Waals surface area contributed by atoms with E-state index in [-0.39, 0.29) is 12.5 Å². The number of carbonyl (C=O) groups is 1. The predicted octanol–water partition coefficient (Wildman–Crippen LogP) is 3.34. The van der Waals surface area contributed by atoms with Crippen LogP contribution in [0.1, 0.15) is 11.1 Å². The van der Waals surface area contributed by atoms with Crippen LogP contribution in [0.15, 0.2) is 36.4 Å². The first-order valence-electron chi connectivity index (χ1n) is 7.26. The van der Waals surface area contributed by atoms with Gasteiger partial charge in [0.2, 0.25) is 5.75 Å². The van der Waals surface area contributed by atoms with Crippen LogP contribution in [0, 0.1) is 13.8 Å². The van der Waals surface area contributed by atoms with E-state index in [1.165, 1.54) is 14.2 Å². The molecule has 0 saturated carbocycles. The minimum Gasteiger partial charge on any atom is -0.493 e. The van der Waals surface area contributed by atoms with Gasteiger partial charge in [-0.1, -0.05) is 18.2 Å². The lowest BCUT2D eigenvalue weighted by molar-refractivity contribution is -0.118. The molecule has 0 radical (unpaired) electrons. The zero-order chi connectivity index (χ0) is 16.8. The Kier molecular flexibility index (Phi) is 5.46. The molecule has 0 bridgehead atoms. The molecule has 0 spiro atoms. The number of amides is 1. The molecule has 1 amide bonds. The monoisotopic (exact) mass is 315 g/mol. The Hall–Kier alpha value is -2.69. The number of methoxy groups -OCH3 is 2. The molecule has 0 heterocycles. The Balaban J connectivity index is 2.06. The van der Waals surface area contributed by atoms with Gasteiger partial charge in [0.15, 0.2) is 18.1 Å². The van der Waals surface area contributed by atoms with Gasteiger partial charge in [-0.2, -0.15) is 0 Å². The Morgan fingerprint density at radius 2 is 1.61 bits per heavy atom. The van der Waals surface area contributed by atoms with Crippen LogP contribution >= 0.6 is 0 Å². The average molecular weight is 315 g/mol. The standard InChI is InChI=1S/C18H21NO4/c1-12-7-5-8-14(13(12)2)19-17(20)11-23-18-15(21-3)9-6-10-16(18)22-4/h5-10H,11H2,1-4H3,(H,19,20). The molecule has 5 heteroatoms. The van der Waals surface area contributed by atoms with E-state index in [0.717, 1.165) is 16.8 Å². The largest absolute Gasteiger partial charge is 0.493 e. The summed E-state index contributed by atoms with van der Waals surface area (Å²) in [5, 5.41) is 2.85. The van der Waals surface area contributed by atoms with Gasteiger partial charge in [0.1, 0.15) is 0 Å². The van der Waals surface area contributed by atoms with Crippen molar-refractivity contribution in [2.24, 2.45) is 0 Å². The molecule has 0 saturated heterocycles. The third-order valence-electron chi connectivity index (χ3n) is 3.61. The Bertz CT molecular complexity index is 675. The number of rotatable bonds is 6. The van der Waals surface area contributed by atoms with Crippen molar-refractivity contribution in [3.8, 4) is 17.2 Å². The second-order valence-electron chi connectivity index (χ2n) is 5.08. The summed E-state index contributed by atoms with van der Waals surface area (Å²) in [4.78, 5) is 12.1. The fourth-order valence-electron chi connectivity index (χ4n) is 2.17. The number of hydrogen-bond acceptors (Lipinski definition) is 4. The first-order chi connectivity index (χ1) is 11.1. The topological polar surface area (TPSA) is 56.8 Å². The second kappa shape index (κ2) is 7.54. The third-order valence-corrected chi connectivity index (χ3v) is 3.61. The summed E-state index contributed by atoms with van der Waals surface area (Å²) >= 11 is 0. The maximum atomic E-state index is 12.1. The van der Waals surface area contributed by atoms with Gasteiger partial charge in [0, 0.05) is 5.69 Å². The maximum Gasteiger partial charge on any atom is 0.262 e. The van der Waals surface area contributed by atoms with E-state index in [0.29, 0.717) is 17.2 Å². The van der Waals surface area contributed by atoms with Gasteiger partial charge in [0.05, 0.1) is 14.2 Å². The number of benzene rings is 2. The van der Waals surface area contributed by atoms with Crippen LogP contribution in [-0.4, -0.2) is 26.7 Å². The molecule has 2 aromatic carbocycles. The molecular weight excluding hydrogens is 294 g/mol. The van der Waals surface area contributed by atoms with Crippen molar-refractivity contribution in [1.82, 2.24) is 0 Å². The number of nitrogens with one attached hydrogen (secondary N) is 1. The molecule has 23 heavy (non-hydrogen) atoms. The van der Waals surface area contributed by atoms with Crippen molar-refractivity contribution in [2.75, 3.05) is 26.1 Å². The molecule has 0 aliphatic heterocycles. The lowest BCUT2D eigenvalue weighted by atomic mass is 10.1. The van der Waals surface area contributed by atoms with Crippen molar-refractivity contribution in [2.45, 2.75) is 13.8 Å². The number of ether oxygens (including phenoxy) is 3. The normalized spacial score (nSPS) is 10.1. The quantitative estimate of drug-likeness (QED) is 0.888. The van der Waals surface area contributed by atoms with Gasteiger partial charge >= 0.3 is 0 Å². The molecule has 2 aromatic rings. The number of anilines is 1. The molecule has 0 fully saturated rings. The van der Waals surface area contributed by atoms with Gasteiger partial charge in [-0.05, 0) is 43.2 Å². The molecule has 0 aliphatic rings. The van der Waals surface area contributed by atoms with E-state index < -0.39 is 0 Å². The summed E-state index contributed by atoms with van der Waals surface area (Å²) in [6.45, 7) is 3.83. The number of carbonyl (C=O) groups excluding carboxylic acids is 1. The summed E-state index contributed by atoms with van der Waals surface area (Å²) < 4.78 is 16.1. The molecule has 1 N–H and O–H groups in total. The minimum absolute atomic E-state index is 0.135. The predicted molar refractivity (Wildman–Crippen MR) is 89.6 cm³/mol. The van der Waals surface area contributed by atoms with Crippen LogP contribution in [-0.2, 0) is 4.79 Å². The highest BCUT2D eigenvalue weighted by Crippen LogP contribution is 2.36. The molecule has 2 rings (SSSR count). The zero-order valence-electron chi connectivity index (χ0n) is 13.8. The highest BCUT2D eigenvalue weighted by Gasteiger charge is 2.13. The number of aryl methyl sites for hydroxylation is 1. The van der Waals surface area contributed by atoms with Crippen LogP contribution in [0.4, 0.5) is 5.69 Å². The van der Waals surface area contributed by atoms with Crippen LogP contribution in [0.3, 0.4) is 0 Å². The summed E-state index contributed by atoms with van der Waals surface area (Å²) in [5.41, 5.74) is 2.94. The Labute approximate surface area is 136 Å². The van der Waals surface area contributed by atoms with Crippen LogP contribution in [0.25, 0.3) is 0 Å². The summed E-state index contributed by atoms with van der Waals surface area (Å²) in [6, 6.07) is 11.1. The highest BCUT2D eigenvalue weighted by molar-refractivity contribution is 5.92. The number of para-hydroxylation sites is 1. The SMILES string of the molecule is COc1cccc(OC)c1OCC(=O)Nc1cccc(C)c1C. The molecule has 0 atom stereocenters. The van der Waals surface area contributed by atoms with Gasteiger partial charge < -0.3 is 19.5 Å². The molecular formula is C18H21NO4. The van der Waals surface area contributed by atoms with E-state index in [1.807, 2.05) is 32.0 Å². The molecule has 0 unspecified atom stereocenters. The molecule has 5 nitrogen and oxygen atoms in total. The van der Waals surface area contributed by atoms with E-state index in [9.17, 15) is 4.79 Å². The lowest BCUT2D eigenvalue weighted by Gasteiger charge is -2.14. The van der Waals surface area contributed by atoms with E-state index in [4.69, 9.17) is 14.2 Å². The average Bonchev–Trinajstić information content (AvgIpc) is 2.56. The minimum atomic E-state index is -0.244. The third kappa shape index (κ3) is 3.94. The van der Waals surface area contributed by atoms with E-state index >= 15 is 0 Å². The lowest BCUT2D eigenvalue weighted by Crippen LogP contribution is -2.21. The first kappa shape index (κ1) is 16.7. The fourth-order valence-corrected chi connectivity index (χ4v) is 2.17. The van der Waals surface area contributed by atoms with Crippen molar-refractivity contribution >= 4 is 11.6 Å². The van der Waals surface area contributed by atoms with Crippen molar-refractivity contribution in [1.29, 1.82) is 0 Å². The van der Waals surface area contributed by atoms with Crippen molar-refractivity contribution < 1.29 is 19.0 Å². The van der Waals surface area contributed by atoms with Gasteiger partial charge in [-0.15, -0.1) is 0 Å². The fraction of sp³-hybridized carbons (Fsp3) is 0.278. The van der Waals surface area contributed by atoms with Gasteiger partial charge in [-0.3, -0.25) is 4.79 Å². The first-order valence-corrected chi connectivity index (χ1v) is 7.26. The van der Waals surface area contributed by atoms with Gasteiger partial charge in [0.25, 0.3) is 5.91 Å². The molecule has 122 valence electrons. The number of hydrogen-bond donors (Lipinski definition) is 1. The van der Waals surface area contributed by atoms with Crippen LogP contribution < -0.4 is 19.5 Å². The van der Waals surface area contributed by atoms with E-state index in [2.05, 4.69) is 5.32 Å². The Morgan fingerprint density at radius 1 is 1.00 bits per heavy atom. The maximum absolute atomic E-state index is 12.1. The van der Waals surface area contributed by atoms with Crippen LogP contribution in [0.5, 0.6) is 17.2 Å². The van der Waals surface area contributed by atoms with E-state index in [1.54, 1.807) is 18.2 Å². The zero-order valence-corrected chi connectivity index (χ0v) is 13.8. The second-order valence-corrected chi connectivity index (χ2v) is 5.08. The summed E-state index contributed by atoms with van der Waals surface area (Å²) in [7, 11) is 3.08. The molecule has 0 aromatic heterocycles. The highest BCUT2D eigenvalue weighted by atomic mass is 16.5. The summed E-state index contributed by atoms with van der Waals surface area (Å²) in [6.07, 6.45) is 0.